The second-order valence-electron chi connectivity index (χ2n) is 7.90. The first-order chi connectivity index (χ1) is 13.6. The molecule has 1 aromatic heterocycles. The van der Waals surface area contributed by atoms with Crippen molar-refractivity contribution in [3.05, 3.63) is 59.9 Å². The van der Waals surface area contributed by atoms with E-state index in [9.17, 15) is 9.59 Å². The number of amides is 2. The second kappa shape index (κ2) is 7.62. The van der Waals surface area contributed by atoms with Gasteiger partial charge in [-0.1, -0.05) is 42.5 Å². The largest absolute Gasteiger partial charge is 0.338 e. The van der Waals surface area contributed by atoms with Crippen molar-refractivity contribution < 1.29 is 9.59 Å². The molecule has 1 spiro atoms. The van der Waals surface area contributed by atoms with Crippen LogP contribution in [-0.4, -0.2) is 57.6 Å². The summed E-state index contributed by atoms with van der Waals surface area (Å²) in [6, 6.07) is 11.9. The van der Waals surface area contributed by atoms with Crippen molar-refractivity contribution in [2.75, 3.05) is 26.2 Å². The predicted octanol–water partition coefficient (Wildman–Crippen LogP) is 2.59. The monoisotopic (exact) mass is 378 g/mol. The van der Waals surface area contributed by atoms with E-state index in [1.165, 1.54) is 0 Å². The summed E-state index contributed by atoms with van der Waals surface area (Å²) in [6.45, 7) is 2.84. The Morgan fingerprint density at radius 1 is 1.18 bits per heavy atom. The highest BCUT2D eigenvalue weighted by Gasteiger charge is 2.45. The number of aromatic nitrogens is 2. The van der Waals surface area contributed by atoms with Gasteiger partial charge in [-0.3, -0.25) is 14.3 Å². The maximum atomic E-state index is 12.7. The van der Waals surface area contributed by atoms with E-state index in [-0.39, 0.29) is 17.2 Å². The SMILES string of the molecule is Cn1nccc1C(=O)N1CCC2(CC1)CC(=O)N(CC=Cc1ccccc1)C2. The quantitative estimate of drug-likeness (QED) is 0.822. The molecule has 28 heavy (non-hydrogen) atoms. The molecule has 0 radical (unpaired) electrons. The van der Waals surface area contributed by atoms with Gasteiger partial charge < -0.3 is 9.80 Å². The zero-order chi connectivity index (χ0) is 19.6. The van der Waals surface area contributed by atoms with Gasteiger partial charge in [0, 0.05) is 51.3 Å². The Labute approximate surface area is 165 Å². The molecular weight excluding hydrogens is 352 g/mol. The number of rotatable bonds is 4. The van der Waals surface area contributed by atoms with Crippen LogP contribution in [0.3, 0.4) is 0 Å². The minimum atomic E-state index is 0.0148. The number of hydrogen-bond donors (Lipinski definition) is 0. The Bertz CT molecular complexity index is 879. The lowest BCUT2D eigenvalue weighted by Crippen LogP contribution is -2.44. The third-order valence-electron chi connectivity index (χ3n) is 5.99. The van der Waals surface area contributed by atoms with Gasteiger partial charge >= 0.3 is 0 Å². The predicted molar refractivity (Wildman–Crippen MR) is 107 cm³/mol. The van der Waals surface area contributed by atoms with Crippen LogP contribution in [0.4, 0.5) is 0 Å². The van der Waals surface area contributed by atoms with Crippen molar-refractivity contribution >= 4 is 17.9 Å². The topological polar surface area (TPSA) is 58.4 Å². The maximum absolute atomic E-state index is 12.7. The molecule has 6 nitrogen and oxygen atoms in total. The van der Waals surface area contributed by atoms with Gasteiger partial charge in [0.05, 0.1) is 0 Å². The van der Waals surface area contributed by atoms with Crippen molar-refractivity contribution in [1.82, 2.24) is 19.6 Å². The van der Waals surface area contributed by atoms with Gasteiger partial charge in [0.2, 0.25) is 5.91 Å². The van der Waals surface area contributed by atoms with E-state index in [1.807, 2.05) is 28.0 Å². The number of likely N-dealkylation sites (tertiary alicyclic amines) is 2. The fraction of sp³-hybridized carbons (Fsp3) is 0.409. The average Bonchev–Trinajstić information content (AvgIpc) is 3.26. The molecule has 2 aromatic rings. The van der Waals surface area contributed by atoms with E-state index in [1.54, 1.807) is 24.0 Å². The van der Waals surface area contributed by atoms with Crippen LogP contribution in [-0.2, 0) is 11.8 Å². The molecule has 0 N–H and O–H groups in total. The number of carbonyl (C=O) groups is 2. The molecule has 6 heteroatoms. The summed E-state index contributed by atoms with van der Waals surface area (Å²) in [5, 5.41) is 4.09. The van der Waals surface area contributed by atoms with Crippen LogP contribution < -0.4 is 0 Å². The van der Waals surface area contributed by atoms with Crippen LogP contribution in [0.15, 0.2) is 48.7 Å². The molecule has 2 amide bonds. The first-order valence-corrected chi connectivity index (χ1v) is 9.83. The van der Waals surface area contributed by atoms with E-state index in [0.717, 1.165) is 24.9 Å². The molecule has 0 aliphatic carbocycles. The summed E-state index contributed by atoms with van der Waals surface area (Å²) in [5.74, 6) is 0.256. The van der Waals surface area contributed by atoms with Crippen LogP contribution in [0.25, 0.3) is 6.08 Å². The Kier molecular flexibility index (Phi) is 5.03. The van der Waals surface area contributed by atoms with Crippen LogP contribution in [0.1, 0.15) is 35.3 Å². The van der Waals surface area contributed by atoms with Gasteiger partial charge in [-0.15, -0.1) is 0 Å². The molecule has 1 aromatic carbocycles. The number of carbonyl (C=O) groups excluding carboxylic acids is 2. The molecule has 0 bridgehead atoms. The van der Waals surface area contributed by atoms with Crippen molar-refractivity contribution in [3.63, 3.8) is 0 Å². The number of benzene rings is 1. The average molecular weight is 378 g/mol. The molecule has 146 valence electrons. The molecule has 2 saturated heterocycles. The summed E-state index contributed by atoms with van der Waals surface area (Å²) in [5.41, 5.74) is 1.78. The lowest BCUT2D eigenvalue weighted by Gasteiger charge is -2.38. The molecular formula is C22H26N4O2. The zero-order valence-corrected chi connectivity index (χ0v) is 16.3. The number of nitrogens with zero attached hydrogens (tertiary/aromatic N) is 4. The molecule has 2 fully saturated rings. The molecule has 2 aliphatic rings. The zero-order valence-electron chi connectivity index (χ0n) is 16.3. The van der Waals surface area contributed by atoms with Gasteiger partial charge in [0.25, 0.3) is 5.91 Å². The third kappa shape index (κ3) is 3.72. The minimum absolute atomic E-state index is 0.0148. The highest BCUT2D eigenvalue weighted by Crippen LogP contribution is 2.41. The Morgan fingerprint density at radius 3 is 2.61 bits per heavy atom. The molecule has 0 saturated carbocycles. The number of aryl methyl sites for hydroxylation is 1. The lowest BCUT2D eigenvalue weighted by molar-refractivity contribution is -0.127. The van der Waals surface area contributed by atoms with E-state index in [4.69, 9.17) is 0 Å². The molecule has 0 unspecified atom stereocenters. The van der Waals surface area contributed by atoms with E-state index >= 15 is 0 Å². The van der Waals surface area contributed by atoms with Gasteiger partial charge in [-0.05, 0) is 24.5 Å². The first kappa shape index (κ1) is 18.5. The Hall–Kier alpha value is -2.89. The second-order valence-corrected chi connectivity index (χ2v) is 7.90. The highest BCUT2D eigenvalue weighted by atomic mass is 16.2. The minimum Gasteiger partial charge on any atom is -0.338 e. The summed E-state index contributed by atoms with van der Waals surface area (Å²) in [4.78, 5) is 29.1. The van der Waals surface area contributed by atoms with Crippen molar-refractivity contribution in [2.24, 2.45) is 12.5 Å². The van der Waals surface area contributed by atoms with E-state index in [2.05, 4.69) is 29.4 Å². The fourth-order valence-electron chi connectivity index (χ4n) is 4.29. The van der Waals surface area contributed by atoms with Gasteiger partial charge in [-0.2, -0.15) is 5.10 Å². The summed E-state index contributed by atoms with van der Waals surface area (Å²) in [7, 11) is 1.79. The Morgan fingerprint density at radius 2 is 1.93 bits per heavy atom. The van der Waals surface area contributed by atoms with Crippen LogP contribution in [0.2, 0.25) is 0 Å². The van der Waals surface area contributed by atoms with E-state index in [0.29, 0.717) is 31.7 Å². The molecule has 3 heterocycles. The molecule has 2 aliphatic heterocycles. The van der Waals surface area contributed by atoms with Crippen LogP contribution >= 0.6 is 0 Å². The van der Waals surface area contributed by atoms with Gasteiger partial charge in [0.1, 0.15) is 5.69 Å². The highest BCUT2D eigenvalue weighted by molar-refractivity contribution is 5.92. The summed E-state index contributed by atoms with van der Waals surface area (Å²) < 4.78 is 1.62. The van der Waals surface area contributed by atoms with Gasteiger partial charge in [-0.25, -0.2) is 0 Å². The van der Waals surface area contributed by atoms with Crippen molar-refractivity contribution in [1.29, 1.82) is 0 Å². The standard InChI is InChI=1S/C22H26N4O2/c1-24-19(9-12-23-24)21(28)25-14-10-22(11-15-25)16-20(27)26(17-22)13-5-8-18-6-3-2-4-7-18/h2-9,12H,10-11,13-17H2,1H3. The van der Waals surface area contributed by atoms with Gasteiger partial charge in [0.15, 0.2) is 0 Å². The summed E-state index contributed by atoms with van der Waals surface area (Å²) >= 11 is 0. The maximum Gasteiger partial charge on any atom is 0.272 e. The smallest absolute Gasteiger partial charge is 0.272 e. The summed E-state index contributed by atoms with van der Waals surface area (Å²) in [6.07, 6.45) is 8.12. The van der Waals surface area contributed by atoms with Crippen molar-refractivity contribution in [2.45, 2.75) is 19.3 Å². The number of piperidine rings is 1. The van der Waals surface area contributed by atoms with Crippen LogP contribution in [0, 0.1) is 5.41 Å². The first-order valence-electron chi connectivity index (χ1n) is 9.83. The fourth-order valence-corrected chi connectivity index (χ4v) is 4.29. The number of hydrogen-bond acceptors (Lipinski definition) is 3. The normalized spacial score (nSPS) is 19.1. The molecule has 0 atom stereocenters. The third-order valence-corrected chi connectivity index (χ3v) is 5.99. The van der Waals surface area contributed by atoms with Crippen LogP contribution in [0.5, 0.6) is 0 Å². The molecule has 4 rings (SSSR count). The lowest BCUT2D eigenvalue weighted by atomic mass is 9.77. The van der Waals surface area contributed by atoms with E-state index < -0.39 is 0 Å². The Balaban J connectivity index is 1.33. The van der Waals surface area contributed by atoms with Crippen molar-refractivity contribution in [3.8, 4) is 0 Å².